The molecule has 1 aromatic heterocycles. The summed E-state index contributed by atoms with van der Waals surface area (Å²) in [7, 11) is 1.69. The SMILES string of the molecule is COc1ccc(N2CC[NH+](Cn3nnc(-c4ccccc4)n3)CC2)cc1. The molecule has 1 saturated heterocycles. The first-order valence-electron chi connectivity index (χ1n) is 8.87. The predicted octanol–water partition coefficient (Wildman–Crippen LogP) is 0.711. The molecule has 1 fully saturated rings. The average molecular weight is 351 g/mol. The second-order valence-corrected chi connectivity index (χ2v) is 6.44. The Kier molecular flexibility index (Phi) is 4.79. The van der Waals surface area contributed by atoms with Crippen LogP contribution >= 0.6 is 0 Å². The number of quaternary nitrogens is 1. The van der Waals surface area contributed by atoms with Gasteiger partial charge in [-0.3, -0.25) is 0 Å². The first-order valence-corrected chi connectivity index (χ1v) is 8.87. The van der Waals surface area contributed by atoms with E-state index in [1.54, 1.807) is 11.9 Å². The number of nitrogens with one attached hydrogen (secondary N) is 1. The molecule has 7 heteroatoms. The molecule has 1 aliphatic rings. The molecule has 0 radical (unpaired) electrons. The van der Waals surface area contributed by atoms with Crippen molar-refractivity contribution in [3.63, 3.8) is 0 Å². The molecule has 1 N–H and O–H groups in total. The molecule has 0 unspecified atom stereocenters. The van der Waals surface area contributed by atoms with E-state index in [1.807, 2.05) is 42.5 Å². The smallest absolute Gasteiger partial charge is 0.205 e. The maximum absolute atomic E-state index is 5.23. The van der Waals surface area contributed by atoms with E-state index in [1.165, 1.54) is 10.6 Å². The molecule has 2 aromatic carbocycles. The summed E-state index contributed by atoms with van der Waals surface area (Å²) < 4.78 is 5.23. The molecule has 134 valence electrons. The van der Waals surface area contributed by atoms with Gasteiger partial charge in [-0.15, -0.1) is 15.0 Å². The number of rotatable bonds is 5. The quantitative estimate of drug-likeness (QED) is 0.734. The summed E-state index contributed by atoms with van der Waals surface area (Å²) in [5, 5.41) is 12.9. The van der Waals surface area contributed by atoms with Crippen LogP contribution in [0.5, 0.6) is 5.75 Å². The van der Waals surface area contributed by atoms with E-state index in [9.17, 15) is 0 Å². The Morgan fingerprint density at radius 1 is 1.00 bits per heavy atom. The van der Waals surface area contributed by atoms with Crippen molar-refractivity contribution in [3.8, 4) is 17.1 Å². The van der Waals surface area contributed by atoms with Crippen LogP contribution in [-0.2, 0) is 6.67 Å². The number of nitrogens with zero attached hydrogens (tertiary/aromatic N) is 5. The average Bonchev–Trinajstić information content (AvgIpc) is 3.18. The van der Waals surface area contributed by atoms with Crippen LogP contribution in [0.2, 0.25) is 0 Å². The van der Waals surface area contributed by atoms with Crippen LogP contribution in [-0.4, -0.2) is 53.5 Å². The number of hydrogen-bond acceptors (Lipinski definition) is 5. The molecule has 3 aromatic rings. The summed E-state index contributed by atoms with van der Waals surface area (Å²) in [5.41, 5.74) is 2.24. The number of anilines is 1. The van der Waals surface area contributed by atoms with Crippen molar-refractivity contribution in [3.05, 3.63) is 54.6 Å². The van der Waals surface area contributed by atoms with Gasteiger partial charge in [-0.2, -0.15) is 0 Å². The molecule has 0 amide bonds. The highest BCUT2D eigenvalue weighted by atomic mass is 16.5. The lowest BCUT2D eigenvalue weighted by Crippen LogP contribution is -3.14. The third-order valence-electron chi connectivity index (χ3n) is 4.76. The van der Waals surface area contributed by atoms with Gasteiger partial charge in [-0.25, -0.2) is 0 Å². The molecule has 0 saturated carbocycles. The third-order valence-corrected chi connectivity index (χ3v) is 4.76. The van der Waals surface area contributed by atoms with E-state index >= 15 is 0 Å². The fourth-order valence-electron chi connectivity index (χ4n) is 3.25. The monoisotopic (exact) mass is 351 g/mol. The van der Waals surface area contributed by atoms with Crippen molar-refractivity contribution in [2.45, 2.75) is 6.67 Å². The van der Waals surface area contributed by atoms with Crippen molar-refractivity contribution in [2.75, 3.05) is 38.2 Å². The van der Waals surface area contributed by atoms with Gasteiger partial charge >= 0.3 is 0 Å². The lowest BCUT2D eigenvalue weighted by atomic mass is 10.2. The van der Waals surface area contributed by atoms with Gasteiger partial charge in [0.2, 0.25) is 5.82 Å². The first-order chi connectivity index (χ1) is 12.8. The topological polar surface area (TPSA) is 60.5 Å². The number of aromatic nitrogens is 4. The van der Waals surface area contributed by atoms with E-state index < -0.39 is 0 Å². The van der Waals surface area contributed by atoms with Crippen LogP contribution < -0.4 is 14.5 Å². The number of piperazine rings is 1. The fourth-order valence-corrected chi connectivity index (χ4v) is 3.25. The summed E-state index contributed by atoms with van der Waals surface area (Å²) in [6.45, 7) is 4.88. The Morgan fingerprint density at radius 3 is 2.42 bits per heavy atom. The van der Waals surface area contributed by atoms with Gasteiger partial charge < -0.3 is 14.5 Å². The number of benzene rings is 2. The fraction of sp³-hybridized carbons (Fsp3) is 0.316. The van der Waals surface area contributed by atoms with Crippen molar-refractivity contribution < 1.29 is 9.64 Å². The summed E-state index contributed by atoms with van der Waals surface area (Å²) in [5.74, 6) is 1.58. The summed E-state index contributed by atoms with van der Waals surface area (Å²) in [4.78, 5) is 5.58. The number of tetrazole rings is 1. The van der Waals surface area contributed by atoms with Crippen molar-refractivity contribution in [1.82, 2.24) is 20.2 Å². The maximum Gasteiger partial charge on any atom is 0.205 e. The highest BCUT2D eigenvalue weighted by Gasteiger charge is 2.21. The second kappa shape index (κ2) is 7.53. The van der Waals surface area contributed by atoms with E-state index in [4.69, 9.17) is 4.74 Å². The Bertz CT molecular complexity index is 825. The van der Waals surface area contributed by atoms with E-state index in [0.717, 1.165) is 44.2 Å². The van der Waals surface area contributed by atoms with Gasteiger partial charge in [0.05, 0.1) is 33.3 Å². The molecule has 7 nitrogen and oxygen atoms in total. The van der Waals surface area contributed by atoms with Gasteiger partial charge in [-0.1, -0.05) is 30.3 Å². The van der Waals surface area contributed by atoms with E-state index in [-0.39, 0.29) is 0 Å². The van der Waals surface area contributed by atoms with Crippen LogP contribution in [0.25, 0.3) is 11.4 Å². The van der Waals surface area contributed by atoms with Gasteiger partial charge in [0, 0.05) is 11.3 Å². The molecule has 1 aliphatic heterocycles. The van der Waals surface area contributed by atoms with Gasteiger partial charge in [0.1, 0.15) is 5.75 Å². The summed E-state index contributed by atoms with van der Waals surface area (Å²) in [6.07, 6.45) is 0. The van der Waals surface area contributed by atoms with Gasteiger partial charge in [0.25, 0.3) is 0 Å². The minimum absolute atomic E-state index is 0.682. The van der Waals surface area contributed by atoms with Gasteiger partial charge in [0.15, 0.2) is 6.67 Å². The molecule has 2 heterocycles. The van der Waals surface area contributed by atoms with E-state index in [0.29, 0.717) is 5.82 Å². The lowest BCUT2D eigenvalue weighted by Gasteiger charge is -2.33. The number of hydrogen-bond donors (Lipinski definition) is 1. The Hall–Kier alpha value is -2.93. The Balaban J connectivity index is 1.33. The van der Waals surface area contributed by atoms with E-state index in [2.05, 4.69) is 32.4 Å². The Morgan fingerprint density at radius 2 is 1.73 bits per heavy atom. The standard InChI is InChI=1S/C19H22N6O/c1-26-18-9-7-17(8-10-18)24-13-11-23(12-14-24)15-25-21-19(20-22-25)16-5-3-2-4-6-16/h2-10H,11-15H2,1H3/p+1. The normalized spacial score (nSPS) is 15.2. The molecular weight excluding hydrogens is 328 g/mol. The molecule has 0 bridgehead atoms. The second-order valence-electron chi connectivity index (χ2n) is 6.44. The van der Waals surface area contributed by atoms with Crippen molar-refractivity contribution in [2.24, 2.45) is 0 Å². The molecule has 26 heavy (non-hydrogen) atoms. The summed E-state index contributed by atoms with van der Waals surface area (Å²) in [6, 6.07) is 18.2. The zero-order chi connectivity index (χ0) is 17.8. The molecule has 0 atom stereocenters. The molecule has 0 spiro atoms. The highest BCUT2D eigenvalue weighted by molar-refractivity contribution is 5.53. The number of methoxy groups -OCH3 is 1. The van der Waals surface area contributed by atoms with Crippen molar-refractivity contribution >= 4 is 5.69 Å². The first kappa shape index (κ1) is 16.5. The molecule has 4 rings (SSSR count). The number of ether oxygens (including phenoxy) is 1. The van der Waals surface area contributed by atoms with Gasteiger partial charge in [-0.05, 0) is 29.5 Å². The lowest BCUT2D eigenvalue weighted by molar-refractivity contribution is -0.924. The maximum atomic E-state index is 5.23. The summed E-state index contributed by atoms with van der Waals surface area (Å²) >= 11 is 0. The van der Waals surface area contributed by atoms with Crippen molar-refractivity contribution in [1.29, 1.82) is 0 Å². The van der Waals surface area contributed by atoms with Crippen LogP contribution in [0.15, 0.2) is 54.6 Å². The van der Waals surface area contributed by atoms with Crippen LogP contribution in [0.4, 0.5) is 5.69 Å². The minimum Gasteiger partial charge on any atom is -0.497 e. The Labute approximate surface area is 152 Å². The highest BCUT2D eigenvalue weighted by Crippen LogP contribution is 2.19. The van der Waals surface area contributed by atoms with Crippen LogP contribution in [0.1, 0.15) is 0 Å². The van der Waals surface area contributed by atoms with Crippen LogP contribution in [0.3, 0.4) is 0 Å². The predicted molar refractivity (Wildman–Crippen MR) is 99.2 cm³/mol. The zero-order valence-electron chi connectivity index (χ0n) is 14.9. The molecular formula is C19H23N6O+. The van der Waals surface area contributed by atoms with Crippen LogP contribution in [0, 0.1) is 0 Å². The minimum atomic E-state index is 0.682. The largest absolute Gasteiger partial charge is 0.497 e. The molecule has 0 aliphatic carbocycles. The third kappa shape index (κ3) is 3.67. The zero-order valence-corrected chi connectivity index (χ0v) is 14.9.